The number of phenolic OH excluding ortho intramolecular Hbond substituents is 1. The van der Waals surface area contributed by atoms with Gasteiger partial charge in [0.1, 0.15) is 5.75 Å². The zero-order valence-corrected chi connectivity index (χ0v) is 7.57. The summed E-state index contributed by atoms with van der Waals surface area (Å²) in [4.78, 5) is 0. The molecule has 3 N–H and O–H groups in total. The number of aromatic hydroxyl groups is 1. The molecule has 0 atom stereocenters. The van der Waals surface area contributed by atoms with E-state index in [2.05, 4.69) is 6.07 Å². The van der Waals surface area contributed by atoms with Gasteiger partial charge in [0.25, 0.3) is 0 Å². The highest BCUT2D eigenvalue weighted by Crippen LogP contribution is 2.27. The van der Waals surface area contributed by atoms with Crippen molar-refractivity contribution in [1.82, 2.24) is 0 Å². The van der Waals surface area contributed by atoms with Gasteiger partial charge in [-0.3, -0.25) is 0 Å². The Morgan fingerprint density at radius 3 is 2.71 bits per heavy atom. The van der Waals surface area contributed by atoms with Crippen LogP contribution in [-0.4, -0.2) is 5.11 Å². The molecule has 0 amide bonds. The van der Waals surface area contributed by atoms with Crippen molar-refractivity contribution in [3.8, 4) is 16.9 Å². The molecule has 0 aliphatic heterocycles. The van der Waals surface area contributed by atoms with Crippen molar-refractivity contribution in [2.75, 3.05) is 5.73 Å². The Hall–Kier alpha value is -1.96. The summed E-state index contributed by atoms with van der Waals surface area (Å²) in [7, 11) is 0. The Balaban J connectivity index is 2.55. The predicted molar refractivity (Wildman–Crippen MR) is 56.8 cm³/mol. The molecular formula is C12H10NO. The quantitative estimate of drug-likeness (QED) is 0.668. The first-order chi connectivity index (χ1) is 6.77. The van der Waals surface area contributed by atoms with E-state index in [9.17, 15) is 5.11 Å². The molecule has 0 spiro atoms. The fourth-order valence-electron chi connectivity index (χ4n) is 1.37. The van der Waals surface area contributed by atoms with E-state index >= 15 is 0 Å². The molecule has 0 fully saturated rings. The van der Waals surface area contributed by atoms with Crippen LogP contribution in [0.1, 0.15) is 0 Å². The number of hydrogen-bond donors (Lipinski definition) is 2. The van der Waals surface area contributed by atoms with Crippen LogP contribution < -0.4 is 5.73 Å². The molecule has 2 heteroatoms. The summed E-state index contributed by atoms with van der Waals surface area (Å²) in [6.07, 6.45) is 0. The third kappa shape index (κ3) is 1.55. The summed E-state index contributed by atoms with van der Waals surface area (Å²) in [5.74, 6) is 0.241. The maximum absolute atomic E-state index is 9.31. The molecular weight excluding hydrogens is 174 g/mol. The monoisotopic (exact) mass is 184 g/mol. The third-order valence-electron chi connectivity index (χ3n) is 2.05. The number of benzene rings is 2. The van der Waals surface area contributed by atoms with E-state index < -0.39 is 0 Å². The lowest BCUT2D eigenvalue weighted by Gasteiger charge is -2.04. The molecule has 0 bridgehead atoms. The standard InChI is InChI=1S/C12H10NO/c13-12-7-2-1-6-11(12)9-4-3-5-10(14)8-9/h1-6,8,14H,13H2. The van der Waals surface area contributed by atoms with Gasteiger partial charge >= 0.3 is 0 Å². The Labute approximate surface area is 82.6 Å². The summed E-state index contributed by atoms with van der Waals surface area (Å²) in [6, 6.07) is 15.5. The van der Waals surface area contributed by atoms with Crippen LogP contribution in [0.2, 0.25) is 0 Å². The van der Waals surface area contributed by atoms with E-state index in [1.165, 1.54) is 0 Å². The van der Waals surface area contributed by atoms with Gasteiger partial charge in [0.15, 0.2) is 0 Å². The normalized spacial score (nSPS) is 10.0. The zero-order chi connectivity index (χ0) is 9.97. The molecule has 2 aromatic rings. The van der Waals surface area contributed by atoms with Gasteiger partial charge in [0, 0.05) is 17.3 Å². The van der Waals surface area contributed by atoms with E-state index in [0.29, 0.717) is 5.69 Å². The first kappa shape index (κ1) is 8.63. The van der Waals surface area contributed by atoms with E-state index in [1.54, 1.807) is 24.3 Å². The van der Waals surface area contributed by atoms with Crippen LogP contribution in [0.15, 0.2) is 42.5 Å². The topological polar surface area (TPSA) is 46.2 Å². The number of phenols is 1. The fourth-order valence-corrected chi connectivity index (χ4v) is 1.37. The maximum Gasteiger partial charge on any atom is 0.116 e. The minimum absolute atomic E-state index is 0.241. The van der Waals surface area contributed by atoms with Gasteiger partial charge in [0.2, 0.25) is 0 Å². The lowest BCUT2D eigenvalue weighted by molar-refractivity contribution is 0.475. The molecule has 69 valence electrons. The molecule has 0 saturated carbocycles. The van der Waals surface area contributed by atoms with Crippen LogP contribution in [0.3, 0.4) is 0 Å². The van der Waals surface area contributed by atoms with Crippen LogP contribution in [-0.2, 0) is 0 Å². The van der Waals surface area contributed by atoms with Gasteiger partial charge in [0.05, 0.1) is 0 Å². The average Bonchev–Trinajstić information content (AvgIpc) is 2.18. The molecule has 2 nitrogen and oxygen atoms in total. The Bertz CT molecular complexity index is 452. The summed E-state index contributed by atoms with van der Waals surface area (Å²) in [5.41, 5.74) is 8.16. The van der Waals surface area contributed by atoms with Gasteiger partial charge in [-0.25, -0.2) is 0 Å². The van der Waals surface area contributed by atoms with Crippen molar-refractivity contribution < 1.29 is 5.11 Å². The summed E-state index contributed by atoms with van der Waals surface area (Å²) >= 11 is 0. The molecule has 0 unspecified atom stereocenters. The van der Waals surface area contributed by atoms with Gasteiger partial charge in [-0.2, -0.15) is 0 Å². The fraction of sp³-hybridized carbons (Fsp3) is 0. The van der Waals surface area contributed by atoms with Crippen molar-refractivity contribution in [3.05, 3.63) is 48.5 Å². The van der Waals surface area contributed by atoms with Crippen molar-refractivity contribution >= 4 is 5.69 Å². The minimum atomic E-state index is 0.241. The number of para-hydroxylation sites is 1. The summed E-state index contributed by atoms with van der Waals surface area (Å²) < 4.78 is 0. The summed E-state index contributed by atoms with van der Waals surface area (Å²) in [5, 5.41) is 9.31. The predicted octanol–water partition coefficient (Wildman–Crippen LogP) is 2.44. The number of nitrogen functional groups attached to an aromatic ring is 1. The maximum atomic E-state index is 9.31. The van der Waals surface area contributed by atoms with Crippen LogP contribution in [0.25, 0.3) is 11.1 Å². The molecule has 0 aromatic heterocycles. The molecule has 1 radical (unpaired) electrons. The van der Waals surface area contributed by atoms with Gasteiger partial charge in [-0.1, -0.05) is 30.3 Å². The molecule has 0 heterocycles. The van der Waals surface area contributed by atoms with Crippen molar-refractivity contribution in [2.24, 2.45) is 0 Å². The highest BCUT2D eigenvalue weighted by molar-refractivity contribution is 5.76. The Morgan fingerprint density at radius 2 is 2.00 bits per heavy atom. The second-order valence-corrected chi connectivity index (χ2v) is 3.05. The second kappa shape index (κ2) is 3.42. The van der Waals surface area contributed by atoms with Gasteiger partial charge in [-0.05, 0) is 17.7 Å². The van der Waals surface area contributed by atoms with E-state index in [4.69, 9.17) is 5.73 Å². The second-order valence-electron chi connectivity index (χ2n) is 3.05. The van der Waals surface area contributed by atoms with E-state index in [0.717, 1.165) is 11.1 Å². The average molecular weight is 184 g/mol. The molecule has 2 rings (SSSR count). The zero-order valence-electron chi connectivity index (χ0n) is 7.57. The smallest absolute Gasteiger partial charge is 0.116 e. The largest absolute Gasteiger partial charge is 0.508 e. The van der Waals surface area contributed by atoms with Gasteiger partial charge in [-0.15, -0.1) is 0 Å². The van der Waals surface area contributed by atoms with Crippen LogP contribution in [0.4, 0.5) is 5.69 Å². The van der Waals surface area contributed by atoms with Crippen molar-refractivity contribution in [3.63, 3.8) is 0 Å². The Morgan fingerprint density at radius 1 is 1.14 bits per heavy atom. The highest BCUT2D eigenvalue weighted by Gasteiger charge is 2.01. The lowest BCUT2D eigenvalue weighted by atomic mass is 10.0. The first-order valence-corrected chi connectivity index (χ1v) is 4.33. The van der Waals surface area contributed by atoms with Gasteiger partial charge < -0.3 is 10.8 Å². The molecule has 2 aromatic carbocycles. The summed E-state index contributed by atoms with van der Waals surface area (Å²) in [6.45, 7) is 0. The van der Waals surface area contributed by atoms with Crippen molar-refractivity contribution in [1.29, 1.82) is 0 Å². The van der Waals surface area contributed by atoms with Crippen LogP contribution in [0, 0.1) is 6.07 Å². The number of rotatable bonds is 1. The lowest BCUT2D eigenvalue weighted by Crippen LogP contribution is -1.88. The first-order valence-electron chi connectivity index (χ1n) is 4.33. The van der Waals surface area contributed by atoms with Crippen molar-refractivity contribution in [2.45, 2.75) is 0 Å². The SMILES string of the molecule is Nc1[c]cccc1-c1cccc(O)c1. The number of hydrogen-bond acceptors (Lipinski definition) is 2. The van der Waals surface area contributed by atoms with E-state index in [1.807, 2.05) is 18.2 Å². The van der Waals surface area contributed by atoms with Crippen LogP contribution in [0.5, 0.6) is 5.75 Å². The van der Waals surface area contributed by atoms with E-state index in [-0.39, 0.29) is 5.75 Å². The number of anilines is 1. The molecule has 0 saturated heterocycles. The Kier molecular flexibility index (Phi) is 2.11. The minimum Gasteiger partial charge on any atom is -0.508 e. The highest BCUT2D eigenvalue weighted by atomic mass is 16.3. The third-order valence-corrected chi connectivity index (χ3v) is 2.05. The molecule has 0 aliphatic rings. The molecule has 0 aliphatic carbocycles. The van der Waals surface area contributed by atoms with Crippen LogP contribution >= 0.6 is 0 Å². The number of nitrogens with two attached hydrogens (primary N) is 1. The molecule has 14 heavy (non-hydrogen) atoms.